The minimum absolute atomic E-state index is 0.0307. The largest absolute Gasteiger partial charge is 0.338 e. The molecule has 146 valence electrons. The molecule has 1 aromatic carbocycles. The van der Waals surface area contributed by atoms with Gasteiger partial charge >= 0.3 is 6.03 Å². The van der Waals surface area contributed by atoms with E-state index < -0.39 is 0 Å². The Balaban J connectivity index is 1.48. The lowest BCUT2D eigenvalue weighted by Gasteiger charge is -2.38. The average molecular weight is 369 g/mol. The van der Waals surface area contributed by atoms with Crippen LogP contribution in [0.5, 0.6) is 0 Å². The predicted octanol–water partition coefficient (Wildman–Crippen LogP) is 4.03. The van der Waals surface area contributed by atoms with Crippen LogP contribution in [0, 0.1) is 0 Å². The minimum Gasteiger partial charge on any atom is -0.338 e. The molecule has 2 aromatic rings. The highest BCUT2D eigenvalue weighted by atomic mass is 16.2. The van der Waals surface area contributed by atoms with Gasteiger partial charge in [0.1, 0.15) is 0 Å². The standard InChI is InChI=1S/C22H32N4O/c1-17(2)26-15-7-6-9-20(26)13-14-23-22(27)25(3)16-19-12-11-18-8-4-5-10-21(18)24-19/h4-5,8,10-12,17,20H,6-7,9,13-16H2,1-3H3,(H,23,27). The average Bonchev–Trinajstić information content (AvgIpc) is 2.68. The number of pyridine rings is 1. The smallest absolute Gasteiger partial charge is 0.317 e. The first-order valence-corrected chi connectivity index (χ1v) is 10.1. The van der Waals surface area contributed by atoms with Crippen LogP contribution < -0.4 is 5.32 Å². The third-order valence-corrected chi connectivity index (χ3v) is 5.49. The summed E-state index contributed by atoms with van der Waals surface area (Å²) in [6.45, 7) is 6.95. The summed E-state index contributed by atoms with van der Waals surface area (Å²) >= 11 is 0. The minimum atomic E-state index is -0.0307. The number of carbonyl (C=O) groups excluding carboxylic acids is 1. The highest BCUT2D eigenvalue weighted by Gasteiger charge is 2.24. The molecule has 1 aliphatic rings. The third kappa shape index (κ3) is 5.19. The van der Waals surface area contributed by atoms with Gasteiger partial charge in [-0.15, -0.1) is 0 Å². The molecule has 2 amide bonds. The molecule has 1 aromatic heterocycles. The summed E-state index contributed by atoms with van der Waals surface area (Å²) in [4.78, 5) is 21.4. The molecule has 1 fully saturated rings. The summed E-state index contributed by atoms with van der Waals surface area (Å²) in [5.41, 5.74) is 1.87. The lowest BCUT2D eigenvalue weighted by atomic mass is 9.98. The van der Waals surface area contributed by atoms with Gasteiger partial charge in [0.2, 0.25) is 0 Å². The molecule has 0 saturated carbocycles. The number of carbonyl (C=O) groups is 1. The van der Waals surface area contributed by atoms with E-state index in [1.165, 1.54) is 25.8 Å². The zero-order chi connectivity index (χ0) is 19.2. The van der Waals surface area contributed by atoms with Crippen LogP contribution in [0.1, 0.15) is 45.2 Å². The van der Waals surface area contributed by atoms with Crippen LogP contribution in [-0.2, 0) is 6.54 Å². The summed E-state index contributed by atoms with van der Waals surface area (Å²) in [6, 6.07) is 13.2. The first-order valence-electron chi connectivity index (χ1n) is 10.1. The molecule has 0 aliphatic carbocycles. The molecule has 27 heavy (non-hydrogen) atoms. The molecule has 5 heteroatoms. The Kier molecular flexibility index (Phi) is 6.67. The monoisotopic (exact) mass is 368 g/mol. The lowest BCUT2D eigenvalue weighted by Crippen LogP contribution is -2.46. The molecule has 1 atom stereocenters. The van der Waals surface area contributed by atoms with E-state index >= 15 is 0 Å². The molecule has 2 heterocycles. The molecular formula is C22H32N4O. The number of aromatic nitrogens is 1. The number of nitrogens with zero attached hydrogens (tertiary/aromatic N) is 3. The van der Waals surface area contributed by atoms with Crippen LogP contribution in [0.3, 0.4) is 0 Å². The Bertz CT molecular complexity index is 761. The van der Waals surface area contributed by atoms with Gasteiger partial charge in [0, 0.05) is 31.1 Å². The number of hydrogen-bond acceptors (Lipinski definition) is 3. The molecule has 0 spiro atoms. The van der Waals surface area contributed by atoms with Gasteiger partial charge < -0.3 is 10.2 Å². The van der Waals surface area contributed by atoms with Crippen molar-refractivity contribution < 1.29 is 4.79 Å². The second kappa shape index (κ2) is 9.18. The molecule has 1 aliphatic heterocycles. The quantitative estimate of drug-likeness (QED) is 0.837. The van der Waals surface area contributed by atoms with Crippen molar-refractivity contribution in [3.8, 4) is 0 Å². The number of amides is 2. The number of nitrogens with one attached hydrogen (secondary N) is 1. The maximum Gasteiger partial charge on any atom is 0.317 e. The van der Waals surface area contributed by atoms with Crippen molar-refractivity contribution in [3.05, 3.63) is 42.1 Å². The summed E-state index contributed by atoms with van der Waals surface area (Å²) in [7, 11) is 1.83. The van der Waals surface area contributed by atoms with E-state index in [9.17, 15) is 4.79 Å². The number of rotatable bonds is 6. The fraction of sp³-hybridized carbons (Fsp3) is 0.545. The second-order valence-electron chi connectivity index (χ2n) is 7.85. The van der Waals surface area contributed by atoms with Gasteiger partial charge in [-0.2, -0.15) is 0 Å². The van der Waals surface area contributed by atoms with Crippen molar-refractivity contribution in [1.82, 2.24) is 20.1 Å². The van der Waals surface area contributed by atoms with Gasteiger partial charge in [0.15, 0.2) is 0 Å². The van der Waals surface area contributed by atoms with Crippen molar-refractivity contribution >= 4 is 16.9 Å². The Hall–Kier alpha value is -2.14. The summed E-state index contributed by atoms with van der Waals surface area (Å²) < 4.78 is 0. The molecule has 1 saturated heterocycles. The molecule has 1 N–H and O–H groups in total. The molecule has 0 bridgehead atoms. The Morgan fingerprint density at radius 2 is 2.07 bits per heavy atom. The number of benzene rings is 1. The maximum absolute atomic E-state index is 12.4. The molecule has 0 radical (unpaired) electrons. The van der Waals surface area contributed by atoms with Crippen molar-refractivity contribution in [2.75, 3.05) is 20.1 Å². The second-order valence-corrected chi connectivity index (χ2v) is 7.85. The number of para-hydroxylation sites is 1. The van der Waals surface area contributed by atoms with Crippen LogP contribution >= 0.6 is 0 Å². The zero-order valence-corrected chi connectivity index (χ0v) is 16.8. The van der Waals surface area contributed by atoms with Gasteiger partial charge in [-0.1, -0.05) is 30.7 Å². The predicted molar refractivity (Wildman–Crippen MR) is 111 cm³/mol. The van der Waals surface area contributed by atoms with Crippen molar-refractivity contribution in [3.63, 3.8) is 0 Å². The van der Waals surface area contributed by atoms with Crippen LogP contribution in [0.15, 0.2) is 36.4 Å². The summed E-state index contributed by atoms with van der Waals surface area (Å²) in [6.07, 6.45) is 4.86. The Morgan fingerprint density at radius 1 is 1.26 bits per heavy atom. The van der Waals surface area contributed by atoms with Crippen LogP contribution in [0.25, 0.3) is 10.9 Å². The third-order valence-electron chi connectivity index (χ3n) is 5.49. The highest BCUT2D eigenvalue weighted by Crippen LogP contribution is 2.21. The zero-order valence-electron chi connectivity index (χ0n) is 16.8. The van der Waals surface area contributed by atoms with Gasteiger partial charge in [0.05, 0.1) is 17.8 Å². The Labute approximate surface area is 162 Å². The van der Waals surface area contributed by atoms with Crippen LogP contribution in [0.4, 0.5) is 4.79 Å². The number of urea groups is 1. The molecule has 5 nitrogen and oxygen atoms in total. The van der Waals surface area contributed by atoms with Gasteiger partial charge in [0.25, 0.3) is 0 Å². The number of piperidine rings is 1. The van der Waals surface area contributed by atoms with Gasteiger partial charge in [-0.25, -0.2) is 4.79 Å². The maximum atomic E-state index is 12.4. The van der Waals surface area contributed by atoms with E-state index in [0.717, 1.165) is 29.6 Å². The topological polar surface area (TPSA) is 48.5 Å². The van der Waals surface area contributed by atoms with E-state index in [4.69, 9.17) is 0 Å². The molecule has 1 unspecified atom stereocenters. The normalized spacial score (nSPS) is 18.0. The molecular weight excluding hydrogens is 336 g/mol. The summed E-state index contributed by atoms with van der Waals surface area (Å²) in [5.74, 6) is 0. The van der Waals surface area contributed by atoms with E-state index in [1.54, 1.807) is 4.90 Å². The van der Waals surface area contributed by atoms with Gasteiger partial charge in [-0.3, -0.25) is 9.88 Å². The van der Waals surface area contributed by atoms with Crippen LogP contribution in [-0.4, -0.2) is 53.0 Å². The Morgan fingerprint density at radius 3 is 2.89 bits per heavy atom. The number of likely N-dealkylation sites (tertiary alicyclic amines) is 1. The highest BCUT2D eigenvalue weighted by molar-refractivity contribution is 5.78. The van der Waals surface area contributed by atoms with Crippen molar-refractivity contribution in [2.24, 2.45) is 0 Å². The van der Waals surface area contributed by atoms with Gasteiger partial charge in [-0.05, 0) is 51.8 Å². The first kappa shape index (κ1) is 19.6. The first-order chi connectivity index (χ1) is 13.0. The number of hydrogen-bond donors (Lipinski definition) is 1. The number of fused-ring (bicyclic) bond motifs is 1. The van der Waals surface area contributed by atoms with E-state index in [2.05, 4.69) is 35.1 Å². The van der Waals surface area contributed by atoms with E-state index in [-0.39, 0.29) is 6.03 Å². The summed E-state index contributed by atoms with van der Waals surface area (Å²) in [5, 5.41) is 4.20. The SMILES string of the molecule is CC(C)N1CCCCC1CCNC(=O)N(C)Cc1ccc2ccccc2n1. The lowest BCUT2D eigenvalue weighted by molar-refractivity contribution is 0.105. The van der Waals surface area contributed by atoms with Crippen molar-refractivity contribution in [2.45, 2.75) is 58.2 Å². The fourth-order valence-corrected chi connectivity index (χ4v) is 4.00. The molecule has 3 rings (SSSR count). The van der Waals surface area contributed by atoms with Crippen LogP contribution in [0.2, 0.25) is 0 Å². The fourth-order valence-electron chi connectivity index (χ4n) is 4.00. The van der Waals surface area contributed by atoms with Crippen molar-refractivity contribution in [1.29, 1.82) is 0 Å². The van der Waals surface area contributed by atoms with E-state index in [1.807, 2.05) is 37.4 Å². The van der Waals surface area contributed by atoms with E-state index in [0.29, 0.717) is 18.6 Å².